The molecule has 0 atom stereocenters. The van der Waals surface area contributed by atoms with Crippen molar-refractivity contribution in [3.8, 4) is 0 Å². The van der Waals surface area contributed by atoms with Gasteiger partial charge in [-0.05, 0) is 31.4 Å². The summed E-state index contributed by atoms with van der Waals surface area (Å²) in [5.74, 6) is -0.236. The monoisotopic (exact) mass is 178 g/mol. The molecule has 0 aromatic carbocycles. The first-order chi connectivity index (χ1) is 6.18. The Morgan fingerprint density at radius 2 is 2.31 bits per heavy atom. The average molecular weight is 178 g/mol. The van der Waals surface area contributed by atoms with Crippen LogP contribution in [0, 0.1) is 6.92 Å². The molecule has 70 valence electrons. The van der Waals surface area contributed by atoms with Crippen molar-refractivity contribution in [2.24, 2.45) is 5.73 Å². The van der Waals surface area contributed by atoms with Gasteiger partial charge < -0.3 is 5.73 Å². The van der Waals surface area contributed by atoms with Gasteiger partial charge in [0.25, 0.3) is 0 Å². The maximum atomic E-state index is 10.5. The third-order valence-electron chi connectivity index (χ3n) is 1.86. The quantitative estimate of drug-likeness (QED) is 0.753. The number of hydrogen-bond donors (Lipinski definition) is 1. The van der Waals surface area contributed by atoms with E-state index in [1.165, 1.54) is 0 Å². The maximum absolute atomic E-state index is 10.5. The van der Waals surface area contributed by atoms with E-state index < -0.39 is 0 Å². The number of pyridine rings is 1. The zero-order chi connectivity index (χ0) is 9.68. The van der Waals surface area contributed by atoms with Crippen LogP contribution in [-0.2, 0) is 11.2 Å². The van der Waals surface area contributed by atoms with Crippen molar-refractivity contribution in [3.63, 3.8) is 0 Å². The Balaban J connectivity index is 2.37. The maximum Gasteiger partial charge on any atom is 0.217 e. The molecule has 1 amide bonds. The molecule has 0 aliphatic carbocycles. The summed E-state index contributed by atoms with van der Waals surface area (Å²) in [6.07, 6.45) is 3.97. The largest absolute Gasteiger partial charge is 0.370 e. The molecule has 0 spiro atoms. The third-order valence-corrected chi connectivity index (χ3v) is 1.86. The second-order valence-corrected chi connectivity index (χ2v) is 3.13. The summed E-state index contributed by atoms with van der Waals surface area (Å²) in [4.78, 5) is 14.6. The van der Waals surface area contributed by atoms with Crippen LogP contribution in [0.25, 0.3) is 0 Å². The van der Waals surface area contributed by atoms with E-state index in [-0.39, 0.29) is 5.91 Å². The molecule has 0 unspecified atom stereocenters. The molecule has 0 fully saturated rings. The standard InChI is InChI=1S/C10H14N2O/c1-8-5-6-9(7-12-8)3-2-4-10(11)13/h5-7H,2-4H2,1H3,(H2,11,13). The lowest BCUT2D eigenvalue weighted by Gasteiger charge is -1.99. The van der Waals surface area contributed by atoms with Gasteiger partial charge in [0, 0.05) is 18.3 Å². The molecule has 1 heterocycles. The first kappa shape index (κ1) is 9.71. The zero-order valence-corrected chi connectivity index (χ0v) is 7.79. The summed E-state index contributed by atoms with van der Waals surface area (Å²) in [6, 6.07) is 4.00. The lowest BCUT2D eigenvalue weighted by molar-refractivity contribution is -0.118. The number of aryl methyl sites for hydroxylation is 2. The van der Waals surface area contributed by atoms with Crippen molar-refractivity contribution >= 4 is 5.91 Å². The number of hydrogen-bond acceptors (Lipinski definition) is 2. The van der Waals surface area contributed by atoms with Crippen molar-refractivity contribution < 1.29 is 4.79 Å². The van der Waals surface area contributed by atoms with Crippen LogP contribution in [0.5, 0.6) is 0 Å². The second-order valence-electron chi connectivity index (χ2n) is 3.13. The highest BCUT2D eigenvalue weighted by atomic mass is 16.1. The van der Waals surface area contributed by atoms with Gasteiger partial charge in [0.2, 0.25) is 5.91 Å². The van der Waals surface area contributed by atoms with Gasteiger partial charge in [0.15, 0.2) is 0 Å². The SMILES string of the molecule is Cc1ccc(CCCC(N)=O)cn1. The Morgan fingerprint density at radius 3 is 2.85 bits per heavy atom. The van der Waals surface area contributed by atoms with Crippen LogP contribution in [0.1, 0.15) is 24.1 Å². The van der Waals surface area contributed by atoms with Crippen LogP contribution in [0.15, 0.2) is 18.3 Å². The van der Waals surface area contributed by atoms with E-state index in [0.29, 0.717) is 6.42 Å². The number of carbonyl (C=O) groups excluding carboxylic acids is 1. The molecule has 0 saturated heterocycles. The topological polar surface area (TPSA) is 56.0 Å². The lowest BCUT2D eigenvalue weighted by atomic mass is 10.1. The minimum absolute atomic E-state index is 0.236. The fourth-order valence-corrected chi connectivity index (χ4v) is 1.11. The van der Waals surface area contributed by atoms with Crippen molar-refractivity contribution in [2.45, 2.75) is 26.2 Å². The highest BCUT2D eigenvalue weighted by Gasteiger charge is 1.96. The van der Waals surface area contributed by atoms with Crippen molar-refractivity contribution in [2.75, 3.05) is 0 Å². The molecule has 1 aromatic heterocycles. The Kier molecular flexibility index (Phi) is 3.43. The highest BCUT2D eigenvalue weighted by Crippen LogP contribution is 2.04. The van der Waals surface area contributed by atoms with Crippen LogP contribution in [0.4, 0.5) is 0 Å². The Labute approximate surface area is 78.0 Å². The minimum Gasteiger partial charge on any atom is -0.370 e. The second kappa shape index (κ2) is 4.60. The van der Waals surface area contributed by atoms with Gasteiger partial charge in [-0.25, -0.2) is 0 Å². The fourth-order valence-electron chi connectivity index (χ4n) is 1.11. The van der Waals surface area contributed by atoms with E-state index in [2.05, 4.69) is 4.98 Å². The van der Waals surface area contributed by atoms with Crippen molar-refractivity contribution in [1.29, 1.82) is 0 Å². The molecule has 2 N–H and O–H groups in total. The molecule has 0 aliphatic rings. The summed E-state index contributed by atoms with van der Waals surface area (Å²) in [7, 11) is 0. The zero-order valence-electron chi connectivity index (χ0n) is 7.79. The van der Waals surface area contributed by atoms with E-state index >= 15 is 0 Å². The Hall–Kier alpha value is -1.38. The van der Waals surface area contributed by atoms with Gasteiger partial charge >= 0.3 is 0 Å². The number of amides is 1. The van der Waals surface area contributed by atoms with E-state index in [1.54, 1.807) is 0 Å². The molecular weight excluding hydrogens is 164 g/mol. The number of primary amides is 1. The molecule has 0 saturated carbocycles. The van der Waals surface area contributed by atoms with E-state index in [1.807, 2.05) is 25.3 Å². The molecule has 3 nitrogen and oxygen atoms in total. The van der Waals surface area contributed by atoms with Crippen LogP contribution >= 0.6 is 0 Å². The number of carbonyl (C=O) groups is 1. The van der Waals surface area contributed by atoms with Crippen LogP contribution in [-0.4, -0.2) is 10.9 Å². The summed E-state index contributed by atoms with van der Waals surface area (Å²) < 4.78 is 0. The predicted octanol–water partition coefficient (Wildman–Crippen LogP) is 1.20. The number of nitrogens with zero attached hydrogens (tertiary/aromatic N) is 1. The van der Waals surface area contributed by atoms with Gasteiger partial charge in [-0.1, -0.05) is 6.07 Å². The Bertz CT molecular complexity index is 279. The third kappa shape index (κ3) is 3.69. The molecule has 0 aliphatic heterocycles. The minimum atomic E-state index is -0.236. The van der Waals surface area contributed by atoms with Crippen molar-refractivity contribution in [3.05, 3.63) is 29.6 Å². The number of rotatable bonds is 4. The Morgan fingerprint density at radius 1 is 1.54 bits per heavy atom. The highest BCUT2D eigenvalue weighted by molar-refractivity contribution is 5.73. The van der Waals surface area contributed by atoms with E-state index in [4.69, 9.17) is 5.73 Å². The van der Waals surface area contributed by atoms with Gasteiger partial charge in [0.05, 0.1) is 0 Å². The van der Waals surface area contributed by atoms with E-state index in [0.717, 1.165) is 24.1 Å². The summed E-state index contributed by atoms with van der Waals surface area (Å²) in [5.41, 5.74) is 7.20. The average Bonchev–Trinajstić information content (AvgIpc) is 2.08. The molecular formula is C10H14N2O. The summed E-state index contributed by atoms with van der Waals surface area (Å²) >= 11 is 0. The van der Waals surface area contributed by atoms with Gasteiger partial charge in [-0.3, -0.25) is 9.78 Å². The molecule has 0 bridgehead atoms. The van der Waals surface area contributed by atoms with Crippen LogP contribution in [0.2, 0.25) is 0 Å². The van der Waals surface area contributed by atoms with Crippen LogP contribution in [0.3, 0.4) is 0 Å². The first-order valence-electron chi connectivity index (χ1n) is 4.38. The van der Waals surface area contributed by atoms with Crippen LogP contribution < -0.4 is 5.73 Å². The predicted molar refractivity (Wildman–Crippen MR) is 51.1 cm³/mol. The van der Waals surface area contributed by atoms with Gasteiger partial charge in [-0.15, -0.1) is 0 Å². The summed E-state index contributed by atoms with van der Waals surface area (Å²) in [6.45, 7) is 1.95. The fraction of sp³-hybridized carbons (Fsp3) is 0.400. The molecule has 13 heavy (non-hydrogen) atoms. The number of aromatic nitrogens is 1. The first-order valence-corrected chi connectivity index (χ1v) is 4.38. The lowest BCUT2D eigenvalue weighted by Crippen LogP contribution is -2.10. The van der Waals surface area contributed by atoms with Crippen molar-refractivity contribution in [1.82, 2.24) is 4.98 Å². The number of nitrogens with two attached hydrogens (primary N) is 1. The smallest absolute Gasteiger partial charge is 0.217 e. The molecule has 1 rings (SSSR count). The van der Waals surface area contributed by atoms with Gasteiger partial charge in [0.1, 0.15) is 0 Å². The molecule has 0 radical (unpaired) electrons. The summed E-state index contributed by atoms with van der Waals surface area (Å²) in [5, 5.41) is 0. The normalized spacial score (nSPS) is 9.92. The molecule has 3 heteroatoms. The van der Waals surface area contributed by atoms with E-state index in [9.17, 15) is 4.79 Å². The molecule has 1 aromatic rings. The van der Waals surface area contributed by atoms with Gasteiger partial charge in [-0.2, -0.15) is 0 Å².